The van der Waals surface area contributed by atoms with Gasteiger partial charge in [-0.3, -0.25) is 19.2 Å². The van der Waals surface area contributed by atoms with Crippen molar-refractivity contribution in [2.24, 2.45) is 17.2 Å². The van der Waals surface area contributed by atoms with Crippen molar-refractivity contribution in [2.75, 3.05) is 13.2 Å². The van der Waals surface area contributed by atoms with Crippen molar-refractivity contribution in [2.45, 2.75) is 31.3 Å². The second-order valence-electron chi connectivity index (χ2n) is 6.98. The zero-order valence-corrected chi connectivity index (χ0v) is 18.9. The first-order valence-corrected chi connectivity index (χ1v) is 10.3. The van der Waals surface area contributed by atoms with E-state index in [-0.39, 0.29) is 6.54 Å². The molecule has 12 heteroatoms. The molecule has 1 aliphatic heterocycles. The largest absolute Gasteiger partial charge is 0.493 e. The summed E-state index contributed by atoms with van der Waals surface area (Å²) in [4.78, 5) is 39.2. The monoisotopic (exact) mass is 493 g/mol. The van der Waals surface area contributed by atoms with Crippen molar-refractivity contribution < 1.29 is 44.3 Å². The Hall–Kier alpha value is -4.00. The van der Waals surface area contributed by atoms with Crippen LogP contribution in [0.2, 0.25) is 0 Å². The zero-order chi connectivity index (χ0) is 26.8. The molecule has 3 rings (SSSR count). The average Bonchev–Trinajstić information content (AvgIpc) is 3.29. The van der Waals surface area contributed by atoms with Gasteiger partial charge in [0.2, 0.25) is 0 Å². The Morgan fingerprint density at radius 1 is 0.800 bits per heavy atom. The number of carbonyl (C=O) groups is 4. The minimum Gasteiger partial charge on any atom is -0.493 e. The third-order valence-electron chi connectivity index (χ3n) is 4.10. The minimum atomic E-state index is -1.29. The molecule has 0 fully saturated rings. The molecule has 192 valence electrons. The molecule has 2 aromatic rings. The van der Waals surface area contributed by atoms with Gasteiger partial charge < -0.3 is 42.4 Å². The van der Waals surface area contributed by atoms with Gasteiger partial charge in [-0.15, -0.1) is 0 Å². The SMILES string of the molecule is NC(CC(=O)O)C(=O)O.NC(Cc1ccccc1)C(=O)O.NCC(=O)O.c1ccc2c(c1)CCO2. The molecule has 0 bridgehead atoms. The summed E-state index contributed by atoms with van der Waals surface area (Å²) in [6, 6.07) is 15.4. The topological polar surface area (TPSA) is 236 Å². The Balaban J connectivity index is 0.000000458. The number of rotatable bonds is 7. The number of carboxylic acid groups (broad SMARTS) is 4. The van der Waals surface area contributed by atoms with Gasteiger partial charge in [0.05, 0.1) is 19.6 Å². The summed E-state index contributed by atoms with van der Waals surface area (Å²) in [5.41, 5.74) is 17.1. The maximum absolute atomic E-state index is 10.4. The van der Waals surface area contributed by atoms with E-state index in [4.69, 9.17) is 36.6 Å². The maximum Gasteiger partial charge on any atom is 0.321 e. The number of hydrogen-bond acceptors (Lipinski definition) is 8. The van der Waals surface area contributed by atoms with E-state index in [0.717, 1.165) is 24.3 Å². The number of fused-ring (bicyclic) bond motifs is 1. The second-order valence-corrected chi connectivity index (χ2v) is 6.98. The summed E-state index contributed by atoms with van der Waals surface area (Å²) >= 11 is 0. The molecule has 10 N–H and O–H groups in total. The fourth-order valence-electron chi connectivity index (χ4n) is 2.35. The van der Waals surface area contributed by atoms with Gasteiger partial charge in [-0.1, -0.05) is 48.5 Å². The number of nitrogens with two attached hydrogens (primary N) is 3. The molecule has 0 aliphatic carbocycles. The van der Waals surface area contributed by atoms with E-state index < -0.39 is 42.4 Å². The Morgan fingerprint density at radius 2 is 1.31 bits per heavy atom. The first-order valence-electron chi connectivity index (χ1n) is 10.3. The Morgan fingerprint density at radius 3 is 1.74 bits per heavy atom. The number of benzene rings is 2. The van der Waals surface area contributed by atoms with Crippen LogP contribution in [0.5, 0.6) is 5.75 Å². The highest BCUT2D eigenvalue weighted by molar-refractivity contribution is 5.80. The summed E-state index contributed by atoms with van der Waals surface area (Å²) in [6.07, 6.45) is 0.932. The highest BCUT2D eigenvalue weighted by Gasteiger charge is 2.14. The molecule has 0 aromatic heterocycles. The first-order chi connectivity index (χ1) is 16.5. The summed E-state index contributed by atoms with van der Waals surface area (Å²) in [7, 11) is 0. The van der Waals surface area contributed by atoms with Gasteiger partial charge in [-0.05, 0) is 23.6 Å². The van der Waals surface area contributed by atoms with E-state index in [9.17, 15) is 19.2 Å². The van der Waals surface area contributed by atoms with E-state index >= 15 is 0 Å². The molecule has 35 heavy (non-hydrogen) atoms. The maximum atomic E-state index is 10.4. The van der Waals surface area contributed by atoms with E-state index in [1.807, 2.05) is 48.5 Å². The van der Waals surface area contributed by atoms with Crippen LogP contribution in [0.3, 0.4) is 0 Å². The fraction of sp³-hybridized carbons (Fsp3) is 0.304. The van der Waals surface area contributed by atoms with Gasteiger partial charge in [0.15, 0.2) is 0 Å². The van der Waals surface area contributed by atoms with Gasteiger partial charge in [0, 0.05) is 6.42 Å². The molecule has 0 saturated carbocycles. The second kappa shape index (κ2) is 17.5. The molecule has 2 unspecified atom stereocenters. The van der Waals surface area contributed by atoms with Gasteiger partial charge in [0.1, 0.15) is 17.8 Å². The van der Waals surface area contributed by atoms with Gasteiger partial charge in [0.25, 0.3) is 0 Å². The van der Waals surface area contributed by atoms with Crippen LogP contribution in [0.4, 0.5) is 0 Å². The third-order valence-corrected chi connectivity index (χ3v) is 4.10. The lowest BCUT2D eigenvalue weighted by Crippen LogP contribution is -2.32. The average molecular weight is 494 g/mol. The van der Waals surface area contributed by atoms with Crippen molar-refractivity contribution in [3.63, 3.8) is 0 Å². The van der Waals surface area contributed by atoms with Gasteiger partial charge >= 0.3 is 23.9 Å². The van der Waals surface area contributed by atoms with Crippen molar-refractivity contribution in [3.8, 4) is 5.75 Å². The highest BCUT2D eigenvalue weighted by Crippen LogP contribution is 2.23. The number of carboxylic acids is 4. The van der Waals surface area contributed by atoms with Gasteiger partial charge in [-0.25, -0.2) is 0 Å². The fourth-order valence-corrected chi connectivity index (χ4v) is 2.35. The smallest absolute Gasteiger partial charge is 0.321 e. The first kappa shape index (κ1) is 31.0. The van der Waals surface area contributed by atoms with E-state index in [1.54, 1.807) is 0 Å². The van der Waals surface area contributed by atoms with Crippen LogP contribution >= 0.6 is 0 Å². The molecular weight excluding hydrogens is 462 g/mol. The van der Waals surface area contributed by atoms with Crippen molar-refractivity contribution in [1.29, 1.82) is 0 Å². The molecule has 0 radical (unpaired) electrons. The van der Waals surface area contributed by atoms with E-state index in [0.29, 0.717) is 6.42 Å². The Labute approximate surface area is 201 Å². The predicted molar refractivity (Wildman–Crippen MR) is 126 cm³/mol. The molecular formula is C23H31N3O9. The van der Waals surface area contributed by atoms with Crippen LogP contribution in [-0.2, 0) is 32.0 Å². The molecule has 1 aliphatic rings. The minimum absolute atomic E-state index is 0.278. The zero-order valence-electron chi connectivity index (χ0n) is 18.9. The molecule has 2 atom stereocenters. The molecule has 1 heterocycles. The molecule has 0 amide bonds. The molecule has 12 nitrogen and oxygen atoms in total. The van der Waals surface area contributed by atoms with Crippen molar-refractivity contribution >= 4 is 23.9 Å². The summed E-state index contributed by atoms with van der Waals surface area (Å²) in [5, 5.41) is 32.1. The van der Waals surface area contributed by atoms with Crippen LogP contribution in [0.1, 0.15) is 17.5 Å². The number of ether oxygens (including phenoxy) is 1. The lowest BCUT2D eigenvalue weighted by atomic mass is 10.1. The highest BCUT2D eigenvalue weighted by atomic mass is 16.5. The molecule has 0 saturated heterocycles. The lowest BCUT2D eigenvalue weighted by molar-refractivity contribution is -0.144. The van der Waals surface area contributed by atoms with Crippen LogP contribution < -0.4 is 21.9 Å². The quantitative estimate of drug-likeness (QED) is 0.273. The third kappa shape index (κ3) is 15.5. The van der Waals surface area contributed by atoms with Crippen LogP contribution in [0.25, 0.3) is 0 Å². The lowest BCUT2D eigenvalue weighted by Gasteiger charge is -2.04. The summed E-state index contributed by atoms with van der Waals surface area (Å²) in [6.45, 7) is 0.583. The van der Waals surface area contributed by atoms with Crippen LogP contribution in [0, 0.1) is 0 Å². The van der Waals surface area contributed by atoms with E-state index in [2.05, 4.69) is 11.8 Å². The number of hydrogen-bond donors (Lipinski definition) is 7. The van der Waals surface area contributed by atoms with Crippen molar-refractivity contribution in [3.05, 3.63) is 65.7 Å². The molecule has 0 spiro atoms. The van der Waals surface area contributed by atoms with Gasteiger partial charge in [-0.2, -0.15) is 0 Å². The Bertz CT molecular complexity index is 916. The number of aliphatic carboxylic acids is 4. The Kier molecular flexibility index (Phi) is 15.5. The summed E-state index contributed by atoms with van der Waals surface area (Å²) < 4.78 is 5.30. The summed E-state index contributed by atoms with van der Waals surface area (Å²) in [5.74, 6) is -3.36. The van der Waals surface area contributed by atoms with Crippen LogP contribution in [0.15, 0.2) is 54.6 Å². The van der Waals surface area contributed by atoms with E-state index in [1.165, 1.54) is 5.56 Å². The number of para-hydroxylation sites is 1. The molecule has 2 aromatic carbocycles. The standard InChI is InChI=1S/C9H11NO2.C8H8O.C4H7NO4.C2H5NO2/c10-8(9(11)12)6-7-4-2-1-3-5-7;1-2-4-8-7(3-1)5-6-9-8;5-2(4(8)9)1-3(6)7;3-1-2(4)5/h1-5,8H,6,10H2,(H,11,12);1-4H,5-6H2;2H,1,5H2,(H,6,7)(H,8,9);1,3H2,(H,4,5). The van der Waals surface area contributed by atoms with Crippen LogP contribution in [-0.4, -0.2) is 69.5 Å². The predicted octanol–water partition coefficient (Wildman–Crippen LogP) is 0.165. The normalized spacial score (nSPS) is 12.3. The van der Waals surface area contributed by atoms with Crippen molar-refractivity contribution in [1.82, 2.24) is 0 Å².